The van der Waals surface area contributed by atoms with Crippen LogP contribution in [0.25, 0.3) is 0 Å². The number of likely N-dealkylation sites (tertiary alicyclic amines) is 1. The van der Waals surface area contributed by atoms with Crippen LogP contribution in [0.15, 0.2) is 18.2 Å². The van der Waals surface area contributed by atoms with Crippen LogP contribution in [0.5, 0.6) is 0 Å². The lowest BCUT2D eigenvalue weighted by Gasteiger charge is -2.21. The third kappa shape index (κ3) is 3.85. The average molecular weight is 282 g/mol. The third-order valence-corrected chi connectivity index (χ3v) is 3.71. The Balaban J connectivity index is 1.90. The Hall–Kier alpha value is -1.26. The van der Waals surface area contributed by atoms with E-state index < -0.39 is 0 Å². The number of nitrogen functional groups attached to an aromatic ring is 1. The molecule has 0 saturated carbocycles. The molecule has 1 saturated heterocycles. The molecule has 1 atom stereocenters. The van der Waals surface area contributed by atoms with Crippen molar-refractivity contribution >= 4 is 23.2 Å². The smallest absolute Gasteiger partial charge is 0.251 e. The van der Waals surface area contributed by atoms with Crippen LogP contribution in [0.1, 0.15) is 30.1 Å². The molecule has 1 amide bonds. The quantitative estimate of drug-likeness (QED) is 0.832. The number of hydrogen-bond donors (Lipinski definition) is 2. The number of nitrogens with zero attached hydrogens (tertiary/aromatic N) is 1. The Bertz CT molecular complexity index is 458. The summed E-state index contributed by atoms with van der Waals surface area (Å²) in [6.07, 6.45) is 2.52. The standard InChI is InChI=1S/C14H20ClN3O/c1-10(9-18-6-2-3-7-18)17-14(19)11-4-5-12(15)13(16)8-11/h4-5,8,10H,2-3,6-7,9,16H2,1H3,(H,17,19). The summed E-state index contributed by atoms with van der Waals surface area (Å²) in [6.45, 7) is 5.19. The van der Waals surface area contributed by atoms with E-state index in [9.17, 15) is 4.79 Å². The van der Waals surface area contributed by atoms with Gasteiger partial charge >= 0.3 is 0 Å². The van der Waals surface area contributed by atoms with Gasteiger partial charge in [0.15, 0.2) is 0 Å². The number of benzene rings is 1. The molecule has 3 N–H and O–H groups in total. The molecule has 104 valence electrons. The van der Waals surface area contributed by atoms with Crippen molar-refractivity contribution in [2.75, 3.05) is 25.4 Å². The van der Waals surface area contributed by atoms with E-state index in [1.165, 1.54) is 12.8 Å². The van der Waals surface area contributed by atoms with Crippen LogP contribution >= 0.6 is 11.6 Å². The molecule has 1 unspecified atom stereocenters. The first-order valence-electron chi connectivity index (χ1n) is 6.64. The van der Waals surface area contributed by atoms with E-state index >= 15 is 0 Å². The molecule has 1 aromatic carbocycles. The van der Waals surface area contributed by atoms with Crippen LogP contribution in [0.2, 0.25) is 5.02 Å². The predicted octanol–water partition coefficient (Wildman–Crippen LogP) is 2.14. The summed E-state index contributed by atoms with van der Waals surface area (Å²) >= 11 is 5.84. The molecular weight excluding hydrogens is 262 g/mol. The molecule has 0 radical (unpaired) electrons. The minimum atomic E-state index is -0.102. The van der Waals surface area contributed by atoms with Gasteiger partial charge in [0.2, 0.25) is 0 Å². The van der Waals surface area contributed by atoms with Gasteiger partial charge in [-0.25, -0.2) is 0 Å². The second-order valence-corrected chi connectivity index (χ2v) is 5.53. The molecule has 0 aliphatic carbocycles. The molecule has 2 rings (SSSR count). The summed E-state index contributed by atoms with van der Waals surface area (Å²) in [7, 11) is 0. The maximum absolute atomic E-state index is 12.1. The highest BCUT2D eigenvalue weighted by atomic mass is 35.5. The van der Waals surface area contributed by atoms with Crippen LogP contribution in [0.3, 0.4) is 0 Å². The van der Waals surface area contributed by atoms with Crippen LogP contribution in [-0.2, 0) is 0 Å². The van der Waals surface area contributed by atoms with E-state index in [1.54, 1.807) is 18.2 Å². The summed E-state index contributed by atoms with van der Waals surface area (Å²) in [5.41, 5.74) is 6.68. The molecule has 4 nitrogen and oxygen atoms in total. The number of carbonyl (C=O) groups is 1. The number of amides is 1. The molecule has 1 heterocycles. The number of halogens is 1. The molecule has 19 heavy (non-hydrogen) atoms. The summed E-state index contributed by atoms with van der Waals surface area (Å²) in [4.78, 5) is 14.4. The van der Waals surface area contributed by atoms with Crippen LogP contribution < -0.4 is 11.1 Å². The molecule has 1 aromatic rings. The molecule has 0 bridgehead atoms. The van der Waals surface area contributed by atoms with E-state index in [-0.39, 0.29) is 11.9 Å². The van der Waals surface area contributed by atoms with Crippen molar-refractivity contribution < 1.29 is 4.79 Å². The minimum Gasteiger partial charge on any atom is -0.398 e. The summed E-state index contributed by atoms with van der Waals surface area (Å²) < 4.78 is 0. The normalized spacial score (nSPS) is 17.4. The molecule has 0 aromatic heterocycles. The zero-order valence-corrected chi connectivity index (χ0v) is 11.9. The fraction of sp³-hybridized carbons (Fsp3) is 0.500. The first-order valence-corrected chi connectivity index (χ1v) is 7.02. The van der Waals surface area contributed by atoms with Gasteiger partial charge in [-0.05, 0) is 51.1 Å². The van der Waals surface area contributed by atoms with E-state index in [0.29, 0.717) is 16.3 Å². The Morgan fingerprint density at radius 1 is 1.47 bits per heavy atom. The Labute approximate surface area is 118 Å². The third-order valence-electron chi connectivity index (χ3n) is 3.37. The highest BCUT2D eigenvalue weighted by Crippen LogP contribution is 2.19. The topological polar surface area (TPSA) is 58.4 Å². The lowest BCUT2D eigenvalue weighted by atomic mass is 10.1. The lowest BCUT2D eigenvalue weighted by Crippen LogP contribution is -2.41. The summed E-state index contributed by atoms with van der Waals surface area (Å²) in [5, 5.41) is 3.46. The van der Waals surface area contributed by atoms with Crippen molar-refractivity contribution in [3.05, 3.63) is 28.8 Å². The maximum atomic E-state index is 12.1. The van der Waals surface area contributed by atoms with Crippen molar-refractivity contribution in [3.63, 3.8) is 0 Å². The Kier molecular flexibility index (Phi) is 4.66. The zero-order chi connectivity index (χ0) is 13.8. The van der Waals surface area contributed by atoms with E-state index in [2.05, 4.69) is 10.2 Å². The molecule has 1 aliphatic heterocycles. The van der Waals surface area contributed by atoms with Crippen molar-refractivity contribution in [3.8, 4) is 0 Å². The van der Waals surface area contributed by atoms with Gasteiger partial charge in [0.25, 0.3) is 5.91 Å². The van der Waals surface area contributed by atoms with Gasteiger partial charge < -0.3 is 16.0 Å². The van der Waals surface area contributed by atoms with Crippen molar-refractivity contribution in [2.24, 2.45) is 0 Å². The van der Waals surface area contributed by atoms with Gasteiger partial charge in [0.05, 0.1) is 10.7 Å². The van der Waals surface area contributed by atoms with Crippen LogP contribution in [-0.4, -0.2) is 36.5 Å². The fourth-order valence-corrected chi connectivity index (χ4v) is 2.51. The average Bonchev–Trinajstić information content (AvgIpc) is 2.85. The first kappa shape index (κ1) is 14.2. The second-order valence-electron chi connectivity index (χ2n) is 5.12. The van der Waals surface area contributed by atoms with Crippen molar-refractivity contribution in [2.45, 2.75) is 25.8 Å². The Morgan fingerprint density at radius 2 is 2.16 bits per heavy atom. The number of carbonyl (C=O) groups excluding carboxylic acids is 1. The van der Waals surface area contributed by atoms with Gasteiger partial charge in [-0.3, -0.25) is 4.79 Å². The van der Waals surface area contributed by atoms with Gasteiger partial charge in [0.1, 0.15) is 0 Å². The SMILES string of the molecule is CC(CN1CCCC1)NC(=O)c1ccc(Cl)c(N)c1. The number of anilines is 1. The predicted molar refractivity (Wildman–Crippen MR) is 78.5 cm³/mol. The van der Waals surface area contributed by atoms with Crippen molar-refractivity contribution in [1.29, 1.82) is 0 Å². The highest BCUT2D eigenvalue weighted by molar-refractivity contribution is 6.33. The first-order chi connectivity index (χ1) is 9.06. The molecule has 0 spiro atoms. The molecule has 5 heteroatoms. The summed E-state index contributed by atoms with van der Waals surface area (Å²) in [6, 6.07) is 5.08. The number of rotatable bonds is 4. The zero-order valence-electron chi connectivity index (χ0n) is 11.2. The van der Waals surface area contributed by atoms with E-state index in [4.69, 9.17) is 17.3 Å². The number of hydrogen-bond acceptors (Lipinski definition) is 3. The van der Waals surface area contributed by atoms with Gasteiger partial charge in [0, 0.05) is 18.2 Å². The molecule has 1 aliphatic rings. The van der Waals surface area contributed by atoms with Gasteiger partial charge in [-0.1, -0.05) is 11.6 Å². The largest absolute Gasteiger partial charge is 0.398 e. The fourth-order valence-electron chi connectivity index (χ4n) is 2.39. The molecular formula is C14H20ClN3O. The van der Waals surface area contributed by atoms with Crippen LogP contribution in [0.4, 0.5) is 5.69 Å². The Morgan fingerprint density at radius 3 is 2.79 bits per heavy atom. The number of nitrogens with two attached hydrogens (primary N) is 1. The second kappa shape index (κ2) is 6.26. The highest BCUT2D eigenvalue weighted by Gasteiger charge is 2.16. The number of nitrogens with one attached hydrogen (secondary N) is 1. The van der Waals surface area contributed by atoms with Gasteiger partial charge in [-0.15, -0.1) is 0 Å². The van der Waals surface area contributed by atoms with E-state index in [0.717, 1.165) is 19.6 Å². The van der Waals surface area contributed by atoms with E-state index in [1.807, 2.05) is 6.92 Å². The summed E-state index contributed by atoms with van der Waals surface area (Å²) in [5.74, 6) is -0.102. The van der Waals surface area contributed by atoms with Crippen molar-refractivity contribution in [1.82, 2.24) is 10.2 Å². The molecule has 1 fully saturated rings. The lowest BCUT2D eigenvalue weighted by molar-refractivity contribution is 0.0932. The van der Waals surface area contributed by atoms with Crippen LogP contribution in [0, 0.1) is 0 Å². The minimum absolute atomic E-state index is 0.102. The monoisotopic (exact) mass is 281 g/mol. The maximum Gasteiger partial charge on any atom is 0.251 e. The van der Waals surface area contributed by atoms with Gasteiger partial charge in [-0.2, -0.15) is 0 Å².